The van der Waals surface area contributed by atoms with Crippen LogP contribution >= 0.6 is 11.6 Å². The number of halogens is 1. The minimum Gasteiger partial charge on any atom is -0.326 e. The fraction of sp³-hybridized carbons (Fsp3) is 0.458. The van der Waals surface area contributed by atoms with Crippen molar-refractivity contribution in [2.75, 3.05) is 51.6 Å². The molecule has 2 aliphatic heterocycles. The Morgan fingerprint density at radius 1 is 0.917 bits per heavy atom. The van der Waals surface area contributed by atoms with Crippen LogP contribution in [0, 0.1) is 12.8 Å². The molecule has 196 valence electrons. The fourth-order valence-electron chi connectivity index (χ4n) is 4.50. The molecule has 2 aliphatic rings. The van der Waals surface area contributed by atoms with Crippen LogP contribution in [0.15, 0.2) is 52.3 Å². The van der Waals surface area contributed by atoms with Crippen molar-refractivity contribution < 1.29 is 21.6 Å². The summed E-state index contributed by atoms with van der Waals surface area (Å²) in [6.07, 6.45) is 1.08. The maximum absolute atomic E-state index is 13.3. The first-order valence-corrected chi connectivity index (χ1v) is 15.1. The summed E-state index contributed by atoms with van der Waals surface area (Å²) in [5.41, 5.74) is 0.973. The smallest absolute Gasteiger partial charge is 0.243 e. The average Bonchev–Trinajstić information content (AvgIpc) is 2.85. The standard InChI is InChI=1S/C24H31ClN4O5S2/c1-18-5-8-21(16-23(18)36(33,34)28-14-12-27(2)13-15-28)26-24(30)19-4-3-11-29(17-19)35(31,32)22-9-6-20(25)7-10-22/h5-10,16,19H,3-4,11-15,17H2,1-2H3,(H,26,30)/t19-/m0/s1. The maximum atomic E-state index is 13.3. The van der Waals surface area contributed by atoms with Crippen LogP contribution < -0.4 is 5.32 Å². The van der Waals surface area contributed by atoms with Gasteiger partial charge in [-0.25, -0.2) is 16.8 Å². The topological polar surface area (TPSA) is 107 Å². The molecule has 0 unspecified atom stereocenters. The quantitative estimate of drug-likeness (QED) is 0.588. The van der Waals surface area contributed by atoms with Crippen LogP contribution in [-0.2, 0) is 24.8 Å². The van der Waals surface area contributed by atoms with Gasteiger partial charge in [0.15, 0.2) is 0 Å². The number of rotatable bonds is 6. The number of aryl methyl sites for hydroxylation is 1. The van der Waals surface area contributed by atoms with Gasteiger partial charge in [-0.05, 0) is 68.8 Å². The van der Waals surface area contributed by atoms with Crippen LogP contribution in [-0.4, -0.2) is 82.6 Å². The maximum Gasteiger partial charge on any atom is 0.243 e. The van der Waals surface area contributed by atoms with E-state index in [0.29, 0.717) is 61.8 Å². The summed E-state index contributed by atoms with van der Waals surface area (Å²) in [5, 5.41) is 3.25. The number of piperazine rings is 1. The first-order valence-electron chi connectivity index (χ1n) is 11.8. The van der Waals surface area contributed by atoms with Gasteiger partial charge in [-0.3, -0.25) is 4.79 Å². The van der Waals surface area contributed by atoms with Gasteiger partial charge >= 0.3 is 0 Å². The summed E-state index contributed by atoms with van der Waals surface area (Å²) >= 11 is 5.88. The number of hydrogen-bond acceptors (Lipinski definition) is 6. The Bertz CT molecular complexity index is 1320. The number of hydrogen-bond donors (Lipinski definition) is 1. The Balaban J connectivity index is 1.48. The van der Waals surface area contributed by atoms with Gasteiger partial charge in [0, 0.05) is 50.0 Å². The highest BCUT2D eigenvalue weighted by Crippen LogP contribution is 2.28. The first-order chi connectivity index (χ1) is 17.0. The second kappa shape index (κ2) is 10.8. The van der Waals surface area contributed by atoms with Gasteiger partial charge in [0.1, 0.15) is 0 Å². The van der Waals surface area contributed by atoms with Crippen LogP contribution in [0.3, 0.4) is 0 Å². The molecule has 9 nitrogen and oxygen atoms in total. The minimum atomic E-state index is -3.76. The van der Waals surface area contributed by atoms with Crippen molar-refractivity contribution >= 4 is 43.2 Å². The van der Waals surface area contributed by atoms with E-state index in [2.05, 4.69) is 10.2 Å². The second-order valence-electron chi connectivity index (χ2n) is 9.33. The highest BCUT2D eigenvalue weighted by molar-refractivity contribution is 7.89. The predicted molar refractivity (Wildman–Crippen MR) is 139 cm³/mol. The molecule has 0 spiro atoms. The third-order valence-electron chi connectivity index (χ3n) is 6.74. The highest BCUT2D eigenvalue weighted by atomic mass is 35.5. The zero-order valence-electron chi connectivity index (χ0n) is 20.4. The molecule has 12 heteroatoms. The van der Waals surface area contributed by atoms with Gasteiger partial charge in [-0.15, -0.1) is 0 Å². The first kappa shape index (κ1) is 27.0. The van der Waals surface area contributed by atoms with Gasteiger partial charge in [-0.2, -0.15) is 8.61 Å². The molecule has 2 heterocycles. The van der Waals surface area contributed by atoms with Crippen LogP contribution in [0.4, 0.5) is 5.69 Å². The second-order valence-corrected chi connectivity index (χ2v) is 13.6. The van der Waals surface area contributed by atoms with E-state index in [1.165, 1.54) is 38.9 Å². The van der Waals surface area contributed by atoms with Crippen molar-refractivity contribution in [2.45, 2.75) is 29.6 Å². The Hall–Kier alpha value is -2.02. The van der Waals surface area contributed by atoms with E-state index in [9.17, 15) is 21.6 Å². The number of benzene rings is 2. The van der Waals surface area contributed by atoms with Crippen molar-refractivity contribution in [2.24, 2.45) is 5.92 Å². The third-order valence-corrected chi connectivity index (χ3v) is 10.9. The molecule has 2 aromatic carbocycles. The summed E-state index contributed by atoms with van der Waals surface area (Å²) < 4.78 is 55.5. The number of piperidine rings is 1. The SMILES string of the molecule is Cc1ccc(NC(=O)[C@H]2CCCN(S(=O)(=O)c3ccc(Cl)cc3)C2)cc1S(=O)(=O)N1CCN(C)CC1. The molecular weight excluding hydrogens is 524 g/mol. The molecule has 1 amide bonds. The average molecular weight is 555 g/mol. The van der Waals surface area contributed by atoms with E-state index in [1.807, 2.05) is 7.05 Å². The van der Waals surface area contributed by atoms with E-state index in [0.717, 1.165) is 0 Å². The molecule has 2 aromatic rings. The minimum absolute atomic E-state index is 0.0507. The number of carbonyl (C=O) groups excluding carboxylic acids is 1. The molecule has 0 radical (unpaired) electrons. The van der Waals surface area contributed by atoms with E-state index in [4.69, 9.17) is 11.6 Å². The monoisotopic (exact) mass is 554 g/mol. The van der Waals surface area contributed by atoms with E-state index in [-0.39, 0.29) is 22.2 Å². The van der Waals surface area contributed by atoms with E-state index < -0.39 is 26.0 Å². The predicted octanol–water partition coefficient (Wildman–Crippen LogP) is 2.62. The number of nitrogens with zero attached hydrogens (tertiary/aromatic N) is 3. The lowest BCUT2D eigenvalue weighted by Crippen LogP contribution is -2.47. The van der Waals surface area contributed by atoms with Crippen molar-refractivity contribution in [1.29, 1.82) is 0 Å². The molecule has 1 atom stereocenters. The molecule has 0 aromatic heterocycles. The van der Waals surface area contributed by atoms with E-state index >= 15 is 0 Å². The van der Waals surface area contributed by atoms with Gasteiger partial charge in [0.05, 0.1) is 15.7 Å². The summed E-state index contributed by atoms with van der Waals surface area (Å²) in [7, 11) is -5.51. The Labute approximate surface area is 218 Å². The summed E-state index contributed by atoms with van der Waals surface area (Å²) in [4.78, 5) is 15.5. The zero-order chi connectivity index (χ0) is 26.1. The number of amides is 1. The highest BCUT2D eigenvalue weighted by Gasteiger charge is 2.34. The summed E-state index contributed by atoms with van der Waals surface area (Å²) in [6, 6.07) is 10.8. The molecule has 4 rings (SSSR count). The number of likely N-dealkylation sites (N-methyl/N-ethyl adjacent to an activating group) is 1. The lowest BCUT2D eigenvalue weighted by molar-refractivity contribution is -0.120. The van der Waals surface area contributed by atoms with Crippen molar-refractivity contribution in [1.82, 2.24) is 13.5 Å². The van der Waals surface area contributed by atoms with Gasteiger partial charge < -0.3 is 10.2 Å². The van der Waals surface area contributed by atoms with Gasteiger partial charge in [0.25, 0.3) is 0 Å². The van der Waals surface area contributed by atoms with Crippen LogP contribution in [0.1, 0.15) is 18.4 Å². The van der Waals surface area contributed by atoms with Crippen LogP contribution in [0.2, 0.25) is 5.02 Å². The molecule has 0 bridgehead atoms. The van der Waals surface area contributed by atoms with Gasteiger partial charge in [0.2, 0.25) is 26.0 Å². The van der Waals surface area contributed by atoms with Crippen molar-refractivity contribution in [3.8, 4) is 0 Å². The molecule has 0 saturated carbocycles. The van der Waals surface area contributed by atoms with E-state index in [1.54, 1.807) is 19.1 Å². The molecule has 36 heavy (non-hydrogen) atoms. The fourth-order valence-corrected chi connectivity index (χ4v) is 7.82. The Kier molecular flexibility index (Phi) is 8.08. The molecule has 2 fully saturated rings. The lowest BCUT2D eigenvalue weighted by Gasteiger charge is -2.32. The lowest BCUT2D eigenvalue weighted by atomic mass is 9.98. The summed E-state index contributed by atoms with van der Waals surface area (Å²) in [6.45, 7) is 4.25. The van der Waals surface area contributed by atoms with Crippen LogP contribution in [0.25, 0.3) is 0 Å². The Morgan fingerprint density at radius 2 is 1.58 bits per heavy atom. The normalized spacial score (nSPS) is 20.8. The molecule has 2 saturated heterocycles. The molecule has 1 N–H and O–H groups in total. The Morgan fingerprint density at radius 3 is 2.25 bits per heavy atom. The third kappa shape index (κ3) is 5.76. The van der Waals surface area contributed by atoms with Crippen LogP contribution in [0.5, 0.6) is 0 Å². The number of anilines is 1. The van der Waals surface area contributed by atoms with Gasteiger partial charge in [-0.1, -0.05) is 17.7 Å². The number of sulfonamides is 2. The summed E-state index contributed by atoms with van der Waals surface area (Å²) in [5.74, 6) is -0.891. The largest absolute Gasteiger partial charge is 0.326 e. The molecular formula is C24H31ClN4O5S2. The zero-order valence-corrected chi connectivity index (χ0v) is 22.7. The molecule has 0 aliphatic carbocycles. The van der Waals surface area contributed by atoms with Crippen molar-refractivity contribution in [3.05, 3.63) is 53.1 Å². The number of carbonyl (C=O) groups is 1. The number of nitrogens with one attached hydrogen (secondary N) is 1. The van der Waals surface area contributed by atoms with Crippen molar-refractivity contribution in [3.63, 3.8) is 0 Å².